The summed E-state index contributed by atoms with van der Waals surface area (Å²) in [6, 6.07) is 20.3. The van der Waals surface area contributed by atoms with Crippen molar-refractivity contribution in [2.75, 3.05) is 6.61 Å². The zero-order valence-electron chi connectivity index (χ0n) is 22.8. The average Bonchev–Trinajstić information content (AvgIpc) is 3.13. The van der Waals surface area contributed by atoms with E-state index in [0.717, 1.165) is 16.7 Å². The van der Waals surface area contributed by atoms with Crippen LogP contribution in [0.3, 0.4) is 0 Å². The zero-order chi connectivity index (χ0) is 28.8. The molecule has 1 aliphatic rings. The molecular weight excluding hydrogens is 555 g/mol. The van der Waals surface area contributed by atoms with Crippen molar-refractivity contribution in [1.82, 2.24) is 4.90 Å². The Kier molecular flexibility index (Phi) is 7.92. The van der Waals surface area contributed by atoms with Crippen molar-refractivity contribution in [2.24, 2.45) is 4.99 Å². The molecule has 0 saturated heterocycles. The lowest BCUT2D eigenvalue weighted by Crippen LogP contribution is -2.53. The molecular formula is C31H31Cl3N2O3. The van der Waals surface area contributed by atoms with Gasteiger partial charge >= 0.3 is 5.37 Å². The number of amidine groups is 1. The molecule has 0 unspecified atom stereocenters. The third-order valence-corrected chi connectivity index (χ3v) is 8.72. The minimum absolute atomic E-state index is 0.0269. The molecule has 8 heteroatoms. The number of benzene rings is 3. The second kappa shape index (κ2) is 10.6. The molecule has 0 radical (unpaired) electrons. The molecule has 0 spiro atoms. The molecule has 0 bridgehead atoms. The van der Waals surface area contributed by atoms with Crippen LogP contribution in [0.4, 0.5) is 4.79 Å². The van der Waals surface area contributed by atoms with Crippen LogP contribution in [0.5, 0.6) is 5.75 Å². The number of halogens is 3. The minimum Gasteiger partial charge on any atom is -0.493 e. The molecule has 3 aromatic carbocycles. The van der Waals surface area contributed by atoms with Crippen LogP contribution < -0.4 is 4.74 Å². The predicted molar refractivity (Wildman–Crippen MR) is 159 cm³/mol. The van der Waals surface area contributed by atoms with Crippen LogP contribution in [-0.4, -0.2) is 28.5 Å². The van der Waals surface area contributed by atoms with Gasteiger partial charge in [-0.2, -0.15) is 0 Å². The van der Waals surface area contributed by atoms with E-state index < -0.39 is 21.9 Å². The van der Waals surface area contributed by atoms with Crippen LogP contribution in [0.2, 0.25) is 10.0 Å². The summed E-state index contributed by atoms with van der Waals surface area (Å²) in [5.74, 6) is 0.893. The van der Waals surface area contributed by atoms with Gasteiger partial charge in [0, 0.05) is 15.5 Å². The summed E-state index contributed by atoms with van der Waals surface area (Å²) >= 11 is 18.8. The van der Waals surface area contributed by atoms with Crippen molar-refractivity contribution in [3.05, 3.63) is 99.0 Å². The van der Waals surface area contributed by atoms with Gasteiger partial charge in [-0.15, -0.1) is 0 Å². The molecule has 0 aromatic heterocycles. The van der Waals surface area contributed by atoms with E-state index in [1.807, 2.05) is 77.1 Å². The molecule has 0 fully saturated rings. The number of carbonyl (C=O) groups excluding carboxylic acids is 2. The third-order valence-electron chi connectivity index (χ3n) is 8.05. The number of amides is 1. The monoisotopic (exact) mass is 584 g/mol. The lowest BCUT2D eigenvalue weighted by Gasteiger charge is -2.44. The first kappa shape index (κ1) is 29.1. The minimum atomic E-state index is -1.06. The molecule has 1 heterocycles. The first-order valence-corrected chi connectivity index (χ1v) is 13.8. The van der Waals surface area contributed by atoms with Crippen LogP contribution in [0.1, 0.15) is 63.8 Å². The van der Waals surface area contributed by atoms with E-state index in [0.29, 0.717) is 33.8 Å². The third kappa shape index (κ3) is 4.86. The maximum absolute atomic E-state index is 13.3. The highest BCUT2D eigenvalue weighted by Gasteiger charge is 2.59. The molecule has 2 atom stereocenters. The Hall–Kier alpha value is -2.86. The molecule has 1 amide bonds. The number of Topliss-reactive ketones (excluding diaryl/α,β-unsaturated/α-hetero) is 1. The van der Waals surface area contributed by atoms with Gasteiger partial charge in [0.25, 0.3) is 0 Å². The number of hydrogen-bond acceptors (Lipinski definition) is 4. The maximum atomic E-state index is 13.3. The second-order valence-corrected chi connectivity index (χ2v) is 11.7. The van der Waals surface area contributed by atoms with Crippen LogP contribution >= 0.6 is 34.8 Å². The van der Waals surface area contributed by atoms with Crippen molar-refractivity contribution in [1.29, 1.82) is 0 Å². The predicted octanol–water partition coefficient (Wildman–Crippen LogP) is 8.51. The van der Waals surface area contributed by atoms with E-state index in [1.54, 1.807) is 31.2 Å². The number of carbonyl (C=O) groups is 2. The standard InChI is InChI=1S/C31H31Cl3N2O3/c1-7-39-26-18-22(29(3,4)19(2)37)12-17-25(26)27-35-30(5,20-8-13-23(32)14-9-20)31(6,36(27)28(34)38)21-10-15-24(33)16-11-21/h8-18H,7H2,1-6H3/t30-,31+/m0/s1. The molecule has 3 aromatic rings. The number of aliphatic imine (C=N–C) groups is 1. The van der Waals surface area contributed by atoms with Gasteiger partial charge in [-0.05, 0) is 106 Å². The smallest absolute Gasteiger partial charge is 0.322 e. The van der Waals surface area contributed by atoms with Crippen LogP contribution in [0, 0.1) is 0 Å². The van der Waals surface area contributed by atoms with Gasteiger partial charge in [0.2, 0.25) is 0 Å². The van der Waals surface area contributed by atoms with Crippen LogP contribution in [0.15, 0.2) is 71.7 Å². The quantitative estimate of drug-likeness (QED) is 0.206. The van der Waals surface area contributed by atoms with Gasteiger partial charge in [0.05, 0.1) is 12.2 Å². The molecule has 0 N–H and O–H groups in total. The first-order valence-electron chi connectivity index (χ1n) is 12.7. The van der Waals surface area contributed by atoms with Crippen LogP contribution in [0.25, 0.3) is 0 Å². The zero-order valence-corrected chi connectivity index (χ0v) is 25.1. The topological polar surface area (TPSA) is 59.0 Å². The largest absolute Gasteiger partial charge is 0.493 e. The fourth-order valence-corrected chi connectivity index (χ4v) is 5.62. The van der Waals surface area contributed by atoms with Gasteiger partial charge in [0.15, 0.2) is 0 Å². The maximum Gasteiger partial charge on any atom is 0.322 e. The summed E-state index contributed by atoms with van der Waals surface area (Å²) in [5.41, 5.74) is 0.266. The Labute approximate surface area is 244 Å². The normalized spacial score (nSPS) is 21.1. The molecule has 204 valence electrons. The van der Waals surface area contributed by atoms with Crippen molar-refractivity contribution in [3.8, 4) is 5.75 Å². The summed E-state index contributed by atoms with van der Waals surface area (Å²) in [7, 11) is 0. The number of rotatable bonds is 7. The highest BCUT2D eigenvalue weighted by atomic mass is 35.5. The Bertz CT molecular complexity index is 1450. The number of hydrogen-bond donors (Lipinski definition) is 0. The lowest BCUT2D eigenvalue weighted by molar-refractivity contribution is -0.121. The van der Waals surface area contributed by atoms with Crippen molar-refractivity contribution in [2.45, 2.75) is 58.0 Å². The molecule has 0 saturated carbocycles. The van der Waals surface area contributed by atoms with Gasteiger partial charge in [-0.25, -0.2) is 0 Å². The number of ketones is 1. The van der Waals surface area contributed by atoms with E-state index in [9.17, 15) is 9.59 Å². The number of nitrogens with zero attached hydrogens (tertiary/aromatic N) is 2. The summed E-state index contributed by atoms with van der Waals surface area (Å²) in [6.45, 7) is 11.5. The summed E-state index contributed by atoms with van der Waals surface area (Å²) < 4.78 is 6.06. The summed E-state index contributed by atoms with van der Waals surface area (Å²) in [6.07, 6.45) is 0. The van der Waals surface area contributed by atoms with E-state index in [2.05, 4.69) is 0 Å². The molecule has 39 heavy (non-hydrogen) atoms. The highest BCUT2D eigenvalue weighted by Crippen LogP contribution is 2.54. The van der Waals surface area contributed by atoms with E-state index in [-0.39, 0.29) is 5.78 Å². The Balaban J connectivity index is 2.03. The SMILES string of the molecule is CCOc1cc(C(C)(C)C(C)=O)ccc1C1=N[C@@](C)(c2ccc(Cl)cc2)[C@@](C)(c2ccc(Cl)cc2)N1C(=O)Cl. The van der Waals surface area contributed by atoms with Crippen molar-refractivity contribution >= 4 is 51.8 Å². The molecule has 4 rings (SSSR count). The van der Waals surface area contributed by atoms with Crippen LogP contribution in [-0.2, 0) is 21.3 Å². The fourth-order valence-electron chi connectivity index (χ4n) is 5.12. The highest BCUT2D eigenvalue weighted by molar-refractivity contribution is 6.64. The Morgan fingerprint density at radius 3 is 1.95 bits per heavy atom. The number of ether oxygens (including phenoxy) is 1. The Morgan fingerprint density at radius 1 is 0.923 bits per heavy atom. The molecule has 0 aliphatic carbocycles. The van der Waals surface area contributed by atoms with Gasteiger partial charge in [-0.3, -0.25) is 19.5 Å². The summed E-state index contributed by atoms with van der Waals surface area (Å²) in [5, 5.41) is 0.463. The van der Waals surface area contributed by atoms with Gasteiger partial charge in [-0.1, -0.05) is 53.5 Å². The molecule has 5 nitrogen and oxygen atoms in total. The summed E-state index contributed by atoms with van der Waals surface area (Å²) in [4.78, 5) is 32.5. The van der Waals surface area contributed by atoms with E-state index >= 15 is 0 Å². The van der Waals surface area contributed by atoms with E-state index in [4.69, 9.17) is 44.5 Å². The van der Waals surface area contributed by atoms with Crippen molar-refractivity contribution in [3.63, 3.8) is 0 Å². The first-order chi connectivity index (χ1) is 18.3. The van der Waals surface area contributed by atoms with Gasteiger partial charge in [0.1, 0.15) is 28.4 Å². The fraction of sp³-hybridized carbons (Fsp3) is 0.323. The van der Waals surface area contributed by atoms with E-state index in [1.165, 1.54) is 4.90 Å². The van der Waals surface area contributed by atoms with Crippen molar-refractivity contribution < 1.29 is 14.3 Å². The Morgan fingerprint density at radius 2 is 1.46 bits per heavy atom. The molecule has 1 aliphatic heterocycles. The lowest BCUT2D eigenvalue weighted by atomic mass is 9.71. The average molecular weight is 586 g/mol. The van der Waals surface area contributed by atoms with Gasteiger partial charge < -0.3 is 4.74 Å². The second-order valence-electron chi connectivity index (χ2n) is 10.5.